The fourth-order valence-corrected chi connectivity index (χ4v) is 2.75. The van der Waals surface area contributed by atoms with Crippen molar-refractivity contribution in [1.82, 2.24) is 15.2 Å². The molecule has 0 bridgehead atoms. The molecule has 1 heterocycles. The normalized spacial score (nSPS) is 10.6. The van der Waals surface area contributed by atoms with Gasteiger partial charge in [0.25, 0.3) is 0 Å². The summed E-state index contributed by atoms with van der Waals surface area (Å²) in [5.74, 6) is 0.888. The van der Waals surface area contributed by atoms with Gasteiger partial charge in [0.1, 0.15) is 5.82 Å². The molecule has 8 heteroatoms. The number of nitrogens with one attached hydrogen (secondary N) is 2. The number of carbonyl (C=O) groups is 1. The van der Waals surface area contributed by atoms with Gasteiger partial charge in [-0.15, -0.1) is 5.10 Å². The van der Waals surface area contributed by atoms with Crippen molar-refractivity contribution < 1.29 is 4.79 Å². The molecule has 0 radical (unpaired) electrons. The summed E-state index contributed by atoms with van der Waals surface area (Å²) < 4.78 is 0.864. The largest absolute Gasteiger partial charge is 0.324 e. The van der Waals surface area contributed by atoms with Gasteiger partial charge in [-0.2, -0.15) is 0 Å². The Morgan fingerprint density at radius 2 is 2.35 bits per heavy atom. The Morgan fingerprint density at radius 3 is 3.00 bits per heavy atom. The number of rotatable bonds is 5. The second-order valence-corrected chi connectivity index (χ2v) is 6.14. The van der Waals surface area contributed by atoms with Gasteiger partial charge in [-0.3, -0.25) is 9.89 Å². The van der Waals surface area contributed by atoms with Crippen LogP contribution in [-0.4, -0.2) is 26.8 Å². The molecule has 2 rings (SSSR count). The van der Waals surface area contributed by atoms with E-state index in [1.807, 2.05) is 13.0 Å². The number of aromatic nitrogens is 3. The van der Waals surface area contributed by atoms with Gasteiger partial charge in [0, 0.05) is 10.9 Å². The van der Waals surface area contributed by atoms with Gasteiger partial charge in [0.05, 0.1) is 16.5 Å². The highest BCUT2D eigenvalue weighted by Crippen LogP contribution is 2.26. The summed E-state index contributed by atoms with van der Waals surface area (Å²) in [6, 6.07) is 5.29. The van der Waals surface area contributed by atoms with Crippen molar-refractivity contribution >= 4 is 50.9 Å². The Kier molecular flexibility index (Phi) is 5.45. The Morgan fingerprint density at radius 1 is 1.55 bits per heavy atom. The van der Waals surface area contributed by atoms with Gasteiger partial charge in [-0.25, -0.2) is 4.98 Å². The van der Waals surface area contributed by atoms with Crippen molar-refractivity contribution in [2.75, 3.05) is 11.1 Å². The molecule has 2 N–H and O–H groups in total. The number of hydrogen-bond acceptors (Lipinski definition) is 4. The van der Waals surface area contributed by atoms with Crippen LogP contribution in [-0.2, 0) is 11.2 Å². The number of thioether (sulfide) groups is 1. The highest BCUT2D eigenvalue weighted by atomic mass is 79.9. The molecule has 0 atom stereocenters. The first-order valence-corrected chi connectivity index (χ1v) is 8.03. The zero-order valence-corrected chi connectivity index (χ0v) is 13.8. The van der Waals surface area contributed by atoms with Crippen LogP contribution in [0.4, 0.5) is 5.69 Å². The van der Waals surface area contributed by atoms with Crippen LogP contribution in [0.5, 0.6) is 0 Å². The van der Waals surface area contributed by atoms with Crippen molar-refractivity contribution in [3.8, 4) is 0 Å². The van der Waals surface area contributed by atoms with Crippen LogP contribution in [0.15, 0.2) is 27.8 Å². The summed E-state index contributed by atoms with van der Waals surface area (Å²) >= 11 is 10.6. The van der Waals surface area contributed by atoms with Crippen LogP contribution < -0.4 is 5.32 Å². The van der Waals surface area contributed by atoms with E-state index in [0.717, 1.165) is 16.7 Å². The van der Waals surface area contributed by atoms with E-state index in [1.165, 1.54) is 11.8 Å². The van der Waals surface area contributed by atoms with Gasteiger partial charge in [0.15, 0.2) is 0 Å². The van der Waals surface area contributed by atoms with Crippen molar-refractivity contribution in [1.29, 1.82) is 0 Å². The van der Waals surface area contributed by atoms with Crippen molar-refractivity contribution in [3.05, 3.63) is 33.5 Å². The smallest absolute Gasteiger partial charge is 0.234 e. The summed E-state index contributed by atoms with van der Waals surface area (Å²) in [6.45, 7) is 1.98. The number of nitrogens with zero attached hydrogens (tertiary/aromatic N) is 2. The third-order valence-corrected chi connectivity index (χ3v) is 4.04. The van der Waals surface area contributed by atoms with Crippen molar-refractivity contribution in [3.63, 3.8) is 0 Å². The number of aryl methyl sites for hydroxylation is 1. The summed E-state index contributed by atoms with van der Waals surface area (Å²) in [7, 11) is 0. The molecule has 0 spiro atoms. The summed E-state index contributed by atoms with van der Waals surface area (Å²) in [4.78, 5) is 16.1. The lowest BCUT2D eigenvalue weighted by atomic mass is 10.3. The quantitative estimate of drug-likeness (QED) is 0.785. The predicted molar refractivity (Wildman–Crippen MR) is 84.3 cm³/mol. The van der Waals surface area contributed by atoms with Crippen molar-refractivity contribution in [2.24, 2.45) is 0 Å². The molecule has 5 nitrogen and oxygen atoms in total. The Balaban J connectivity index is 1.89. The second kappa shape index (κ2) is 7.10. The number of benzene rings is 1. The van der Waals surface area contributed by atoms with Crippen LogP contribution in [0.2, 0.25) is 5.02 Å². The van der Waals surface area contributed by atoms with E-state index in [9.17, 15) is 4.79 Å². The minimum atomic E-state index is -0.151. The zero-order chi connectivity index (χ0) is 14.5. The molecule has 0 unspecified atom stereocenters. The summed E-state index contributed by atoms with van der Waals surface area (Å²) in [6.07, 6.45) is 0.786. The van der Waals surface area contributed by atoms with Gasteiger partial charge in [0.2, 0.25) is 11.1 Å². The number of anilines is 1. The van der Waals surface area contributed by atoms with E-state index in [0.29, 0.717) is 15.9 Å². The SMILES string of the molecule is CCc1nc(SCC(=O)Nc2ccc(Br)cc2Cl)n[nH]1. The maximum atomic E-state index is 11.8. The van der Waals surface area contributed by atoms with Crippen LogP contribution >= 0.6 is 39.3 Å². The predicted octanol–water partition coefficient (Wildman–Crippen LogP) is 3.51. The molecular formula is C12H12BrClN4OS. The lowest BCUT2D eigenvalue weighted by molar-refractivity contribution is -0.113. The zero-order valence-electron chi connectivity index (χ0n) is 10.6. The number of halogens is 2. The molecular weight excluding hydrogens is 364 g/mol. The molecule has 0 aliphatic carbocycles. The van der Waals surface area contributed by atoms with Gasteiger partial charge < -0.3 is 5.32 Å². The first-order valence-electron chi connectivity index (χ1n) is 5.87. The maximum Gasteiger partial charge on any atom is 0.234 e. The Bertz CT molecular complexity index is 619. The fourth-order valence-electron chi connectivity index (χ4n) is 1.41. The first-order chi connectivity index (χ1) is 9.58. The minimum absolute atomic E-state index is 0.151. The highest BCUT2D eigenvalue weighted by molar-refractivity contribution is 9.10. The Hall–Kier alpha value is -1.05. The minimum Gasteiger partial charge on any atom is -0.324 e. The molecule has 1 aromatic carbocycles. The third kappa shape index (κ3) is 4.22. The molecule has 0 saturated carbocycles. The molecule has 0 aliphatic rings. The van der Waals surface area contributed by atoms with Crippen LogP contribution in [0.25, 0.3) is 0 Å². The second-order valence-electron chi connectivity index (χ2n) is 3.88. The topological polar surface area (TPSA) is 70.7 Å². The summed E-state index contributed by atoms with van der Waals surface area (Å²) in [5, 5.41) is 10.6. The van der Waals surface area contributed by atoms with E-state index in [2.05, 4.69) is 36.4 Å². The van der Waals surface area contributed by atoms with Crippen LogP contribution in [0.3, 0.4) is 0 Å². The monoisotopic (exact) mass is 374 g/mol. The summed E-state index contributed by atoms with van der Waals surface area (Å²) in [5.41, 5.74) is 0.588. The number of hydrogen-bond donors (Lipinski definition) is 2. The van der Waals surface area contributed by atoms with Crippen molar-refractivity contribution in [2.45, 2.75) is 18.5 Å². The molecule has 1 aromatic heterocycles. The molecule has 0 fully saturated rings. The fraction of sp³-hybridized carbons (Fsp3) is 0.250. The van der Waals surface area contributed by atoms with Gasteiger partial charge in [-0.05, 0) is 18.2 Å². The lowest BCUT2D eigenvalue weighted by Crippen LogP contribution is -2.14. The molecule has 106 valence electrons. The number of amides is 1. The first kappa shape index (κ1) is 15.3. The van der Waals surface area contributed by atoms with E-state index in [4.69, 9.17) is 11.6 Å². The highest BCUT2D eigenvalue weighted by Gasteiger charge is 2.09. The molecule has 20 heavy (non-hydrogen) atoms. The van der Waals surface area contributed by atoms with E-state index in [1.54, 1.807) is 12.1 Å². The average Bonchev–Trinajstić information content (AvgIpc) is 2.88. The van der Waals surface area contributed by atoms with E-state index < -0.39 is 0 Å². The van der Waals surface area contributed by atoms with Crippen LogP contribution in [0.1, 0.15) is 12.7 Å². The Labute approximate surface area is 134 Å². The number of carbonyl (C=O) groups excluding carboxylic acids is 1. The molecule has 1 amide bonds. The molecule has 0 saturated heterocycles. The van der Waals surface area contributed by atoms with E-state index >= 15 is 0 Å². The lowest BCUT2D eigenvalue weighted by Gasteiger charge is -2.06. The van der Waals surface area contributed by atoms with Gasteiger partial charge in [-0.1, -0.05) is 46.2 Å². The number of aromatic amines is 1. The van der Waals surface area contributed by atoms with Gasteiger partial charge >= 0.3 is 0 Å². The molecule has 2 aromatic rings. The number of H-pyrrole nitrogens is 1. The third-order valence-electron chi connectivity index (χ3n) is 2.38. The molecule has 0 aliphatic heterocycles. The van der Waals surface area contributed by atoms with Crippen LogP contribution in [0, 0.1) is 0 Å². The maximum absolute atomic E-state index is 11.8. The standard InChI is InChI=1S/C12H12BrClN4OS/c1-2-10-16-12(18-17-10)20-6-11(19)15-9-4-3-7(13)5-8(9)14/h3-5H,2,6H2,1H3,(H,15,19)(H,16,17,18). The van der Waals surface area contributed by atoms with E-state index in [-0.39, 0.29) is 11.7 Å². The average molecular weight is 376 g/mol.